The molecule has 0 aliphatic heterocycles. The van der Waals surface area contributed by atoms with Gasteiger partial charge in [-0.15, -0.1) is 0 Å². The maximum absolute atomic E-state index is 10.9. The number of para-hydroxylation sites is 1. The van der Waals surface area contributed by atoms with E-state index in [0.29, 0.717) is 12.1 Å². The second-order valence-electron chi connectivity index (χ2n) is 5.83. The molecular weight excluding hydrogens is 328 g/mol. The first-order chi connectivity index (χ1) is 12.6. The van der Waals surface area contributed by atoms with Gasteiger partial charge in [0.15, 0.2) is 0 Å². The number of aromatic carboxylic acids is 1. The first-order valence-corrected chi connectivity index (χ1v) is 8.30. The molecule has 0 spiro atoms. The normalized spacial score (nSPS) is 10.3. The third-order valence-electron chi connectivity index (χ3n) is 4.06. The number of carbonyl (C=O) groups is 1. The summed E-state index contributed by atoms with van der Waals surface area (Å²) in [6, 6.07) is 18.8. The summed E-state index contributed by atoms with van der Waals surface area (Å²) in [6.45, 7) is 0.692. The lowest BCUT2D eigenvalue weighted by Crippen LogP contribution is -2.13. The molecule has 2 aromatic carbocycles. The lowest BCUT2D eigenvalue weighted by Gasteiger charge is -2.18. The number of anilines is 3. The van der Waals surface area contributed by atoms with E-state index >= 15 is 0 Å². The zero-order valence-electron chi connectivity index (χ0n) is 14.5. The van der Waals surface area contributed by atoms with Gasteiger partial charge in [0.25, 0.3) is 0 Å². The smallest absolute Gasteiger partial charge is 0.335 e. The summed E-state index contributed by atoms with van der Waals surface area (Å²) in [6.07, 6.45) is 2.31. The molecule has 0 aliphatic rings. The van der Waals surface area contributed by atoms with E-state index < -0.39 is 5.97 Å². The Balaban J connectivity index is 1.59. The third kappa shape index (κ3) is 4.36. The summed E-state index contributed by atoms with van der Waals surface area (Å²) >= 11 is 0. The number of nitrogens with zero attached hydrogens (tertiary/aromatic N) is 3. The molecule has 26 heavy (non-hydrogen) atoms. The number of nitrogens with one attached hydrogen (secondary N) is 1. The van der Waals surface area contributed by atoms with Crippen LogP contribution >= 0.6 is 0 Å². The topological polar surface area (TPSA) is 78.4 Å². The molecule has 2 N–H and O–H groups in total. The Morgan fingerprint density at radius 2 is 1.81 bits per heavy atom. The molecule has 0 atom stereocenters. The lowest BCUT2D eigenvalue weighted by atomic mass is 10.1. The van der Waals surface area contributed by atoms with E-state index in [9.17, 15) is 4.79 Å². The predicted octanol–water partition coefficient (Wildman–Crippen LogP) is 3.60. The minimum absolute atomic E-state index is 0.297. The van der Waals surface area contributed by atoms with Crippen molar-refractivity contribution in [3.8, 4) is 0 Å². The molecule has 0 amide bonds. The summed E-state index contributed by atoms with van der Waals surface area (Å²) in [5.74, 6) is 0.644. The molecule has 1 aromatic heterocycles. The van der Waals surface area contributed by atoms with Gasteiger partial charge in [-0.2, -0.15) is 0 Å². The van der Waals surface area contributed by atoms with E-state index in [2.05, 4.69) is 15.3 Å². The monoisotopic (exact) mass is 348 g/mol. The van der Waals surface area contributed by atoms with Gasteiger partial charge in [-0.25, -0.2) is 14.8 Å². The molecule has 0 fully saturated rings. The first-order valence-electron chi connectivity index (χ1n) is 8.30. The van der Waals surface area contributed by atoms with E-state index in [1.807, 2.05) is 60.5 Å². The number of benzene rings is 2. The molecular formula is C20H20N4O2. The van der Waals surface area contributed by atoms with E-state index in [1.54, 1.807) is 18.5 Å². The van der Waals surface area contributed by atoms with Gasteiger partial charge < -0.3 is 15.3 Å². The van der Waals surface area contributed by atoms with Crippen LogP contribution in [0, 0.1) is 0 Å². The highest BCUT2D eigenvalue weighted by atomic mass is 16.4. The fraction of sp³-hybridized carbons (Fsp3) is 0.150. The fourth-order valence-electron chi connectivity index (χ4n) is 2.56. The Bertz CT molecular complexity index is 866. The van der Waals surface area contributed by atoms with Crippen molar-refractivity contribution in [1.29, 1.82) is 0 Å². The Hall–Kier alpha value is -3.41. The molecule has 3 aromatic rings. The number of aromatic nitrogens is 2. The molecule has 3 rings (SSSR count). The van der Waals surface area contributed by atoms with Crippen LogP contribution in [0.5, 0.6) is 0 Å². The summed E-state index contributed by atoms with van der Waals surface area (Å²) in [5.41, 5.74) is 2.42. The lowest BCUT2D eigenvalue weighted by molar-refractivity contribution is 0.0697. The maximum atomic E-state index is 10.9. The van der Waals surface area contributed by atoms with Crippen LogP contribution in [-0.4, -0.2) is 34.6 Å². The number of rotatable bonds is 7. The molecule has 0 saturated heterocycles. The minimum Gasteiger partial charge on any atom is -0.478 e. The fourth-order valence-corrected chi connectivity index (χ4v) is 2.56. The van der Waals surface area contributed by atoms with Crippen LogP contribution in [0.1, 0.15) is 15.9 Å². The standard InChI is InChI=1S/C20H20N4O2/c1-24(17-5-3-2-4-6-17)19-13-18(22-14-23-19)21-12-11-15-7-9-16(10-8-15)20(25)26/h2-10,13-14H,11-12H2,1H3,(H,25,26)(H,21,22,23). The minimum atomic E-state index is -0.911. The van der Waals surface area contributed by atoms with Crippen LogP contribution < -0.4 is 10.2 Å². The van der Waals surface area contributed by atoms with Crippen molar-refractivity contribution in [3.63, 3.8) is 0 Å². The highest BCUT2D eigenvalue weighted by Crippen LogP contribution is 2.22. The van der Waals surface area contributed by atoms with Crippen molar-refractivity contribution in [2.75, 3.05) is 23.8 Å². The number of hydrogen-bond acceptors (Lipinski definition) is 5. The van der Waals surface area contributed by atoms with Crippen LogP contribution in [0.15, 0.2) is 67.0 Å². The van der Waals surface area contributed by atoms with E-state index in [1.165, 1.54) is 0 Å². The van der Waals surface area contributed by atoms with Crippen molar-refractivity contribution < 1.29 is 9.90 Å². The van der Waals surface area contributed by atoms with Crippen LogP contribution in [-0.2, 0) is 6.42 Å². The molecule has 1 heterocycles. The maximum Gasteiger partial charge on any atom is 0.335 e. The molecule has 132 valence electrons. The Morgan fingerprint density at radius 1 is 1.08 bits per heavy atom. The number of carboxylic acid groups (broad SMARTS) is 1. The van der Waals surface area contributed by atoms with Crippen LogP contribution in [0.3, 0.4) is 0 Å². The van der Waals surface area contributed by atoms with Crippen molar-refractivity contribution >= 4 is 23.3 Å². The molecule has 0 unspecified atom stereocenters. The molecule has 0 aliphatic carbocycles. The van der Waals surface area contributed by atoms with E-state index in [0.717, 1.165) is 29.3 Å². The van der Waals surface area contributed by atoms with Gasteiger partial charge in [0, 0.05) is 25.3 Å². The second-order valence-corrected chi connectivity index (χ2v) is 5.83. The van der Waals surface area contributed by atoms with Gasteiger partial charge in [0.05, 0.1) is 5.56 Å². The third-order valence-corrected chi connectivity index (χ3v) is 4.06. The largest absolute Gasteiger partial charge is 0.478 e. The van der Waals surface area contributed by atoms with Gasteiger partial charge in [0.2, 0.25) is 0 Å². The zero-order chi connectivity index (χ0) is 18.4. The molecule has 0 saturated carbocycles. The Morgan fingerprint density at radius 3 is 2.50 bits per heavy atom. The summed E-state index contributed by atoms with van der Waals surface area (Å²) in [7, 11) is 1.96. The summed E-state index contributed by atoms with van der Waals surface area (Å²) in [4.78, 5) is 21.5. The molecule has 0 radical (unpaired) electrons. The van der Waals surface area contributed by atoms with Gasteiger partial charge in [-0.1, -0.05) is 30.3 Å². The average Bonchev–Trinajstić information content (AvgIpc) is 2.69. The van der Waals surface area contributed by atoms with E-state index in [-0.39, 0.29) is 0 Å². The molecule has 0 bridgehead atoms. The SMILES string of the molecule is CN(c1ccccc1)c1cc(NCCc2ccc(C(=O)O)cc2)ncn1. The van der Waals surface area contributed by atoms with Gasteiger partial charge in [0.1, 0.15) is 18.0 Å². The highest BCUT2D eigenvalue weighted by Gasteiger charge is 2.06. The van der Waals surface area contributed by atoms with Crippen LogP contribution in [0.25, 0.3) is 0 Å². The number of hydrogen-bond donors (Lipinski definition) is 2. The van der Waals surface area contributed by atoms with Crippen molar-refractivity contribution in [2.45, 2.75) is 6.42 Å². The number of carboxylic acids is 1. The molecule has 6 nitrogen and oxygen atoms in total. The van der Waals surface area contributed by atoms with Crippen molar-refractivity contribution in [2.24, 2.45) is 0 Å². The van der Waals surface area contributed by atoms with E-state index in [4.69, 9.17) is 5.11 Å². The van der Waals surface area contributed by atoms with Gasteiger partial charge >= 0.3 is 5.97 Å². The second kappa shape index (κ2) is 8.11. The van der Waals surface area contributed by atoms with Crippen LogP contribution in [0.2, 0.25) is 0 Å². The summed E-state index contributed by atoms with van der Waals surface area (Å²) < 4.78 is 0. The first kappa shape index (κ1) is 17.4. The Kier molecular flexibility index (Phi) is 5.43. The highest BCUT2D eigenvalue weighted by molar-refractivity contribution is 5.87. The average molecular weight is 348 g/mol. The predicted molar refractivity (Wildman–Crippen MR) is 102 cm³/mol. The zero-order valence-corrected chi connectivity index (χ0v) is 14.5. The van der Waals surface area contributed by atoms with Gasteiger partial charge in [-0.3, -0.25) is 0 Å². The Labute approximate surface area is 152 Å². The molecule has 6 heteroatoms. The summed E-state index contributed by atoms with van der Waals surface area (Å²) in [5, 5.41) is 12.2. The van der Waals surface area contributed by atoms with Crippen molar-refractivity contribution in [1.82, 2.24) is 9.97 Å². The quantitative estimate of drug-likeness (QED) is 0.679. The van der Waals surface area contributed by atoms with Crippen molar-refractivity contribution in [3.05, 3.63) is 78.1 Å². The van der Waals surface area contributed by atoms with Crippen LogP contribution in [0.4, 0.5) is 17.3 Å². The van der Waals surface area contributed by atoms with Gasteiger partial charge in [-0.05, 0) is 36.2 Å².